The van der Waals surface area contributed by atoms with E-state index < -0.39 is 10.3 Å². The largest absolute Gasteiger partial charge is 0.302 e. The van der Waals surface area contributed by atoms with Crippen molar-refractivity contribution in [1.82, 2.24) is 4.57 Å². The Morgan fingerprint density at radius 2 is 2.00 bits per heavy atom. The molecular weight excluding hydrogens is 364 g/mol. The van der Waals surface area contributed by atoms with Gasteiger partial charge in [-0.2, -0.15) is 0 Å². The van der Waals surface area contributed by atoms with Crippen molar-refractivity contribution in [3.63, 3.8) is 0 Å². The number of nitrogens with zero attached hydrogens (tertiary/aromatic N) is 2. The topological polar surface area (TPSA) is 82.2 Å². The maximum Gasteiger partial charge on any atom is 0.270 e. The summed E-state index contributed by atoms with van der Waals surface area (Å²) in [6, 6.07) is 4.03. The third kappa shape index (κ3) is 4.24. The Labute approximate surface area is 152 Å². The minimum Gasteiger partial charge on any atom is -0.302 e. The first kappa shape index (κ1) is 19.1. The number of halogens is 1. The lowest BCUT2D eigenvalue weighted by atomic mass is 9.91. The maximum atomic E-state index is 12.4. The van der Waals surface area contributed by atoms with Crippen molar-refractivity contribution in [2.45, 2.75) is 20.8 Å². The number of thiazole rings is 1. The standard InChI is InChI=1S/C17H17ClN2O4S/c1-17(2,3)14(21)9-15-19(4)16(22)13(25-15)8-10-7-11(20(23)24)5-6-12(10)18/h5-9H,1-4H3/b13-8+,15-9-. The molecule has 6 nitrogen and oxygen atoms in total. The van der Waals surface area contributed by atoms with Crippen LogP contribution in [-0.4, -0.2) is 15.3 Å². The van der Waals surface area contributed by atoms with Gasteiger partial charge in [-0.05, 0) is 12.1 Å². The number of nitro groups is 1. The number of aromatic nitrogens is 1. The molecule has 132 valence electrons. The second kappa shape index (κ2) is 6.93. The van der Waals surface area contributed by atoms with Gasteiger partial charge in [0.25, 0.3) is 11.2 Å². The minimum atomic E-state index is -0.548. The van der Waals surface area contributed by atoms with E-state index in [1.54, 1.807) is 27.8 Å². The summed E-state index contributed by atoms with van der Waals surface area (Å²) in [5.41, 5.74) is -0.574. The van der Waals surface area contributed by atoms with Gasteiger partial charge in [-0.25, -0.2) is 0 Å². The fourth-order valence-corrected chi connectivity index (χ4v) is 3.13. The van der Waals surface area contributed by atoms with Gasteiger partial charge < -0.3 is 4.57 Å². The number of non-ortho nitro benzene ring substituents is 1. The summed E-state index contributed by atoms with van der Waals surface area (Å²) in [5.74, 6) is -0.0933. The molecule has 0 atom stereocenters. The molecule has 0 saturated carbocycles. The van der Waals surface area contributed by atoms with Crippen molar-refractivity contribution in [2.24, 2.45) is 12.5 Å². The molecule has 0 aliphatic rings. The first-order chi connectivity index (χ1) is 11.5. The first-order valence-corrected chi connectivity index (χ1v) is 8.58. The molecule has 0 amide bonds. The van der Waals surface area contributed by atoms with E-state index in [0.717, 1.165) is 11.3 Å². The van der Waals surface area contributed by atoms with E-state index in [4.69, 9.17) is 11.6 Å². The molecule has 0 unspecified atom stereocenters. The molecule has 25 heavy (non-hydrogen) atoms. The summed E-state index contributed by atoms with van der Waals surface area (Å²) in [6.07, 6.45) is 2.94. The summed E-state index contributed by atoms with van der Waals surface area (Å²) < 4.78 is 2.24. The van der Waals surface area contributed by atoms with Crippen molar-refractivity contribution in [3.05, 3.63) is 58.4 Å². The first-order valence-electron chi connectivity index (χ1n) is 7.38. The molecule has 1 heterocycles. The van der Waals surface area contributed by atoms with Gasteiger partial charge in [-0.1, -0.05) is 32.4 Å². The van der Waals surface area contributed by atoms with Crippen LogP contribution >= 0.6 is 22.9 Å². The third-order valence-electron chi connectivity index (χ3n) is 3.53. The van der Waals surface area contributed by atoms with Crippen molar-refractivity contribution < 1.29 is 9.72 Å². The lowest BCUT2D eigenvalue weighted by Crippen LogP contribution is -2.30. The van der Waals surface area contributed by atoms with Crippen LogP contribution in [0, 0.1) is 15.5 Å². The van der Waals surface area contributed by atoms with Gasteiger partial charge in [0, 0.05) is 41.3 Å². The number of benzene rings is 1. The zero-order chi connectivity index (χ0) is 18.9. The van der Waals surface area contributed by atoms with Crippen LogP contribution < -0.4 is 14.8 Å². The second-order valence-electron chi connectivity index (χ2n) is 6.53. The predicted molar refractivity (Wildman–Crippen MR) is 99.4 cm³/mol. The van der Waals surface area contributed by atoms with E-state index >= 15 is 0 Å². The van der Waals surface area contributed by atoms with Crippen molar-refractivity contribution >= 4 is 46.6 Å². The highest BCUT2D eigenvalue weighted by Gasteiger charge is 2.19. The van der Waals surface area contributed by atoms with E-state index in [1.807, 2.05) is 0 Å². The van der Waals surface area contributed by atoms with Crippen LogP contribution in [0.15, 0.2) is 23.0 Å². The molecule has 0 N–H and O–H groups in total. The summed E-state index contributed by atoms with van der Waals surface area (Å²) in [6.45, 7) is 5.40. The molecule has 0 saturated heterocycles. The quantitative estimate of drug-likeness (QED) is 0.604. The highest BCUT2D eigenvalue weighted by atomic mass is 35.5. The predicted octanol–water partition coefficient (Wildman–Crippen LogP) is 2.23. The van der Waals surface area contributed by atoms with Gasteiger partial charge in [0.15, 0.2) is 5.78 Å². The maximum absolute atomic E-state index is 12.4. The molecular formula is C17H17ClN2O4S. The number of nitro benzene ring substituents is 1. The molecule has 1 aromatic heterocycles. The summed E-state index contributed by atoms with van der Waals surface area (Å²) in [5, 5.41) is 11.2. The van der Waals surface area contributed by atoms with Crippen molar-refractivity contribution in [1.29, 1.82) is 0 Å². The van der Waals surface area contributed by atoms with E-state index in [-0.39, 0.29) is 17.0 Å². The third-order valence-corrected chi connectivity index (χ3v) is 4.99. The van der Waals surface area contributed by atoms with Gasteiger partial charge in [-0.3, -0.25) is 19.7 Å². The SMILES string of the molecule is Cn1c(=O)/c(=C\c2cc([N+](=O)[O-])ccc2Cl)s/c1=C\C(=O)C(C)(C)C. The Morgan fingerprint density at radius 1 is 1.36 bits per heavy atom. The van der Waals surface area contributed by atoms with E-state index in [0.29, 0.717) is 19.8 Å². The average molecular weight is 381 g/mol. The van der Waals surface area contributed by atoms with E-state index in [2.05, 4.69) is 0 Å². The van der Waals surface area contributed by atoms with Crippen LogP contribution in [0.2, 0.25) is 5.02 Å². The lowest BCUT2D eigenvalue weighted by molar-refractivity contribution is -0.384. The van der Waals surface area contributed by atoms with Gasteiger partial charge in [0.1, 0.15) is 4.66 Å². The Kier molecular flexibility index (Phi) is 5.29. The number of hydrogen-bond acceptors (Lipinski definition) is 5. The normalized spacial score (nSPS) is 13.3. The number of Topliss-reactive ketones (excluding diaryl/α,β-unsaturated/α-hetero) is 1. The highest BCUT2D eigenvalue weighted by molar-refractivity contribution is 7.07. The van der Waals surface area contributed by atoms with Crippen LogP contribution in [0.3, 0.4) is 0 Å². The number of rotatable bonds is 3. The van der Waals surface area contributed by atoms with Crippen LogP contribution in [0.25, 0.3) is 12.2 Å². The van der Waals surface area contributed by atoms with Crippen molar-refractivity contribution in [3.8, 4) is 0 Å². The average Bonchev–Trinajstić information content (AvgIpc) is 2.76. The summed E-state index contributed by atoms with van der Waals surface area (Å²) >= 11 is 7.21. The Bertz CT molecular complexity index is 1030. The number of carbonyl (C=O) groups is 1. The number of hydrogen-bond donors (Lipinski definition) is 0. The van der Waals surface area contributed by atoms with Crippen LogP contribution in [0.4, 0.5) is 5.69 Å². The Morgan fingerprint density at radius 3 is 2.56 bits per heavy atom. The number of ketones is 1. The van der Waals surface area contributed by atoms with E-state index in [1.165, 1.54) is 34.9 Å². The van der Waals surface area contributed by atoms with Gasteiger partial charge >= 0.3 is 0 Å². The minimum absolute atomic E-state index is 0.0933. The fraction of sp³-hybridized carbons (Fsp3) is 0.294. The molecule has 8 heteroatoms. The summed E-state index contributed by atoms with van der Waals surface area (Å²) in [7, 11) is 1.58. The Hall–Kier alpha value is -2.25. The molecule has 0 fully saturated rings. The highest BCUT2D eigenvalue weighted by Crippen LogP contribution is 2.22. The molecule has 0 aliphatic carbocycles. The zero-order valence-corrected chi connectivity index (χ0v) is 15.8. The molecule has 0 radical (unpaired) electrons. The molecule has 2 aromatic rings. The van der Waals surface area contributed by atoms with Gasteiger partial charge in [-0.15, -0.1) is 11.3 Å². The van der Waals surface area contributed by atoms with Crippen LogP contribution in [0.5, 0.6) is 0 Å². The Balaban J connectivity index is 2.65. The van der Waals surface area contributed by atoms with Gasteiger partial charge in [0.2, 0.25) is 0 Å². The zero-order valence-electron chi connectivity index (χ0n) is 14.2. The molecule has 0 spiro atoms. The molecule has 2 rings (SSSR count). The molecule has 0 bridgehead atoms. The van der Waals surface area contributed by atoms with Crippen LogP contribution in [0.1, 0.15) is 26.3 Å². The molecule has 0 aliphatic heterocycles. The van der Waals surface area contributed by atoms with E-state index in [9.17, 15) is 19.7 Å². The van der Waals surface area contributed by atoms with Gasteiger partial charge in [0.05, 0.1) is 9.46 Å². The fourth-order valence-electron chi connectivity index (χ4n) is 1.93. The van der Waals surface area contributed by atoms with Crippen LogP contribution in [-0.2, 0) is 11.8 Å². The monoisotopic (exact) mass is 380 g/mol. The summed E-state index contributed by atoms with van der Waals surface area (Å²) in [4.78, 5) is 34.9. The smallest absolute Gasteiger partial charge is 0.270 e. The second-order valence-corrected chi connectivity index (χ2v) is 8.00. The number of carbonyl (C=O) groups excluding carboxylic acids is 1. The lowest BCUT2D eigenvalue weighted by Gasteiger charge is -2.12. The molecule has 1 aromatic carbocycles. The van der Waals surface area contributed by atoms with Crippen molar-refractivity contribution in [2.75, 3.05) is 0 Å².